The van der Waals surface area contributed by atoms with E-state index in [0.717, 1.165) is 54.5 Å². The van der Waals surface area contributed by atoms with Gasteiger partial charge in [-0.1, -0.05) is 42.4 Å². The first-order valence-corrected chi connectivity index (χ1v) is 9.33. The number of imide groups is 1. The molecule has 0 bridgehead atoms. The normalized spacial score (nSPS) is 28.2. The van der Waals surface area contributed by atoms with Gasteiger partial charge in [0.25, 0.3) is 5.24 Å². The molecule has 2 N–H and O–H groups in total. The molecule has 1 heterocycles. The molecular weight excluding hydrogens is 340 g/mol. The van der Waals surface area contributed by atoms with Crippen LogP contribution in [0, 0.1) is 5.41 Å². The highest BCUT2D eigenvalue weighted by Crippen LogP contribution is 2.34. The molecule has 2 amide bonds. The Morgan fingerprint density at radius 3 is 2.72 bits per heavy atom. The highest BCUT2D eigenvalue weighted by Gasteiger charge is 2.35. The van der Waals surface area contributed by atoms with E-state index in [1.807, 2.05) is 24.3 Å². The molecule has 7 heteroatoms. The minimum Gasteiger partial charge on any atom is -0.493 e. The Bertz CT molecular complexity index is 689. The lowest BCUT2D eigenvalue weighted by Crippen LogP contribution is -2.37. The monoisotopic (exact) mass is 362 g/mol. The van der Waals surface area contributed by atoms with Crippen LogP contribution in [0.2, 0.25) is 0 Å². The van der Waals surface area contributed by atoms with E-state index in [-0.39, 0.29) is 21.8 Å². The van der Waals surface area contributed by atoms with Gasteiger partial charge in [-0.2, -0.15) is 0 Å². The van der Waals surface area contributed by atoms with Gasteiger partial charge in [0.1, 0.15) is 5.75 Å². The number of hydrogen-bond donors (Lipinski definition) is 2. The first-order valence-electron chi connectivity index (χ1n) is 8.45. The van der Waals surface area contributed by atoms with E-state index in [2.05, 4.69) is 17.4 Å². The van der Waals surface area contributed by atoms with Gasteiger partial charge in [0.05, 0.1) is 17.6 Å². The lowest BCUT2D eigenvalue weighted by atomic mass is 9.74. The Kier molecular flexibility index (Phi) is 5.32. The molecule has 2 atom stereocenters. The molecule has 2 unspecified atom stereocenters. The summed E-state index contributed by atoms with van der Waals surface area (Å²) in [7, 11) is 0. The zero-order valence-electron chi connectivity index (χ0n) is 14.2. The van der Waals surface area contributed by atoms with Crippen molar-refractivity contribution in [3.63, 3.8) is 0 Å². The maximum Gasteiger partial charge on any atom is 0.286 e. The smallest absolute Gasteiger partial charge is 0.286 e. The molecule has 1 saturated heterocycles. The number of thioether (sulfide) groups is 1. The molecule has 2 fully saturated rings. The summed E-state index contributed by atoms with van der Waals surface area (Å²) in [5, 5.41) is 14.3. The highest BCUT2D eigenvalue weighted by atomic mass is 32.2. The third-order valence-electron chi connectivity index (χ3n) is 4.88. The third-order valence-corrected chi connectivity index (χ3v) is 5.86. The summed E-state index contributed by atoms with van der Waals surface area (Å²) in [4.78, 5) is 22.8. The average Bonchev–Trinajstić information content (AvgIpc) is 2.92. The summed E-state index contributed by atoms with van der Waals surface area (Å²) in [6.45, 7) is 2.55. The maximum absolute atomic E-state index is 11.6. The highest BCUT2D eigenvalue weighted by molar-refractivity contribution is 8.15. The molecule has 6 nitrogen and oxygen atoms in total. The van der Waals surface area contributed by atoms with Gasteiger partial charge in [-0.3, -0.25) is 14.9 Å². The lowest BCUT2D eigenvalue weighted by Gasteiger charge is -2.33. The van der Waals surface area contributed by atoms with Crippen LogP contribution in [0.5, 0.6) is 5.75 Å². The zero-order valence-corrected chi connectivity index (χ0v) is 15.0. The molecule has 25 heavy (non-hydrogen) atoms. The fourth-order valence-corrected chi connectivity index (χ4v) is 4.15. The second kappa shape index (κ2) is 7.47. The number of nitrogens with zero attached hydrogens (tertiary/aromatic N) is 1. The molecule has 0 radical (unpaired) electrons. The quantitative estimate of drug-likeness (QED) is 0.619. The van der Waals surface area contributed by atoms with E-state index in [4.69, 9.17) is 4.74 Å². The van der Waals surface area contributed by atoms with Gasteiger partial charge in [0.2, 0.25) is 5.91 Å². The summed E-state index contributed by atoms with van der Waals surface area (Å²) in [5.74, 6) is 0.517. The van der Waals surface area contributed by atoms with Crippen molar-refractivity contribution in [3.05, 3.63) is 29.8 Å². The van der Waals surface area contributed by atoms with Gasteiger partial charge in [-0.25, -0.2) is 0 Å². The number of rotatable bonds is 5. The molecule has 1 aliphatic heterocycles. The number of oxime groups is 1. The first-order chi connectivity index (χ1) is 12.0. The van der Waals surface area contributed by atoms with Crippen LogP contribution in [0.25, 0.3) is 0 Å². The number of carbonyl (C=O) groups is 2. The molecule has 1 aliphatic carbocycles. The zero-order chi connectivity index (χ0) is 17.9. The molecule has 0 aromatic heterocycles. The van der Waals surface area contributed by atoms with E-state index in [9.17, 15) is 14.8 Å². The van der Waals surface area contributed by atoms with Gasteiger partial charge < -0.3 is 9.94 Å². The molecule has 2 aliphatic rings. The number of carbonyl (C=O) groups excluding carboxylic acids is 2. The number of hydrogen-bond acceptors (Lipinski definition) is 6. The molecule has 1 aromatic rings. The summed E-state index contributed by atoms with van der Waals surface area (Å²) < 4.78 is 5.91. The number of ether oxygens (including phenoxy) is 1. The topological polar surface area (TPSA) is 88.0 Å². The maximum atomic E-state index is 11.6. The SMILES string of the molecule is CC1(COc2ccc(CC3SC(=O)NC3=O)cc2)CCCC/C1=N/O. The Morgan fingerprint density at radius 1 is 1.32 bits per heavy atom. The Morgan fingerprint density at radius 2 is 2.08 bits per heavy atom. The minimum absolute atomic E-state index is 0.226. The summed E-state index contributed by atoms with van der Waals surface area (Å²) >= 11 is 1.04. The average molecular weight is 362 g/mol. The van der Waals surface area contributed by atoms with Crippen LogP contribution >= 0.6 is 11.8 Å². The predicted octanol–water partition coefficient (Wildman–Crippen LogP) is 3.37. The van der Waals surface area contributed by atoms with Gasteiger partial charge in [-0.05, 0) is 43.4 Å². The number of amides is 2. The largest absolute Gasteiger partial charge is 0.493 e. The van der Waals surface area contributed by atoms with E-state index in [0.29, 0.717) is 13.0 Å². The summed E-state index contributed by atoms with van der Waals surface area (Å²) in [5.41, 5.74) is 1.56. The molecular formula is C18H22N2O4S. The van der Waals surface area contributed by atoms with Gasteiger partial charge in [0.15, 0.2) is 0 Å². The van der Waals surface area contributed by atoms with Crippen molar-refractivity contribution in [3.8, 4) is 5.75 Å². The van der Waals surface area contributed by atoms with Crippen LogP contribution in [-0.2, 0) is 11.2 Å². The van der Waals surface area contributed by atoms with Gasteiger partial charge in [-0.15, -0.1) is 0 Å². The van der Waals surface area contributed by atoms with Crippen LogP contribution in [0.3, 0.4) is 0 Å². The predicted molar refractivity (Wildman–Crippen MR) is 96.4 cm³/mol. The molecule has 0 spiro atoms. The Balaban J connectivity index is 1.57. The second-order valence-electron chi connectivity index (χ2n) is 6.83. The van der Waals surface area contributed by atoms with Crippen molar-refractivity contribution in [1.82, 2.24) is 5.32 Å². The van der Waals surface area contributed by atoms with Gasteiger partial charge in [0, 0.05) is 5.41 Å². The van der Waals surface area contributed by atoms with E-state index >= 15 is 0 Å². The Labute approximate surface area is 151 Å². The van der Waals surface area contributed by atoms with Crippen molar-refractivity contribution >= 4 is 28.6 Å². The van der Waals surface area contributed by atoms with Crippen LogP contribution in [0.1, 0.15) is 38.2 Å². The molecule has 3 rings (SSSR count). The number of nitrogens with one attached hydrogen (secondary N) is 1. The van der Waals surface area contributed by atoms with Crippen LogP contribution < -0.4 is 10.1 Å². The van der Waals surface area contributed by atoms with Crippen molar-refractivity contribution < 1.29 is 19.5 Å². The van der Waals surface area contributed by atoms with Crippen molar-refractivity contribution in [2.24, 2.45) is 10.6 Å². The second-order valence-corrected chi connectivity index (χ2v) is 8.01. The van der Waals surface area contributed by atoms with Crippen molar-refractivity contribution in [1.29, 1.82) is 0 Å². The van der Waals surface area contributed by atoms with Crippen molar-refractivity contribution in [2.45, 2.75) is 44.3 Å². The van der Waals surface area contributed by atoms with E-state index < -0.39 is 0 Å². The van der Waals surface area contributed by atoms with Crippen LogP contribution in [0.15, 0.2) is 29.4 Å². The first kappa shape index (κ1) is 17.8. The minimum atomic E-state index is -0.358. The molecule has 1 saturated carbocycles. The fraction of sp³-hybridized carbons (Fsp3) is 0.500. The molecule has 1 aromatic carbocycles. The van der Waals surface area contributed by atoms with Crippen LogP contribution in [0.4, 0.5) is 4.79 Å². The standard InChI is InChI=1S/C18H22N2O4S/c1-18(9-3-2-4-15(18)20-23)11-24-13-7-5-12(6-8-13)10-14-16(21)19-17(22)25-14/h5-8,14,23H,2-4,9-11H2,1H3,(H,19,21,22)/b20-15-. The van der Waals surface area contributed by atoms with Gasteiger partial charge >= 0.3 is 0 Å². The van der Waals surface area contributed by atoms with E-state index in [1.165, 1.54) is 0 Å². The number of benzene rings is 1. The van der Waals surface area contributed by atoms with Crippen LogP contribution in [-0.4, -0.2) is 33.9 Å². The Hall–Kier alpha value is -2.02. The van der Waals surface area contributed by atoms with E-state index in [1.54, 1.807) is 0 Å². The fourth-order valence-electron chi connectivity index (χ4n) is 3.29. The molecule has 134 valence electrons. The summed E-state index contributed by atoms with van der Waals surface area (Å²) in [6, 6.07) is 7.57. The summed E-state index contributed by atoms with van der Waals surface area (Å²) in [6.07, 6.45) is 4.44. The lowest BCUT2D eigenvalue weighted by molar-refractivity contribution is -0.118. The van der Waals surface area contributed by atoms with Crippen molar-refractivity contribution in [2.75, 3.05) is 6.61 Å². The third kappa shape index (κ3) is 4.15.